The average Bonchev–Trinajstić information content (AvgIpc) is 3.95. The van der Waals surface area contributed by atoms with E-state index in [9.17, 15) is 0 Å². The monoisotopic (exact) mass is 920 g/mol. The van der Waals surface area contributed by atoms with Crippen LogP contribution < -0.4 is 22.9 Å². The minimum absolute atomic E-state index is 0. The molecule has 5 heterocycles. The molecule has 378 valence electrons. The number of aryl methyl sites for hydroxylation is 7. The van der Waals surface area contributed by atoms with Crippen LogP contribution in [0.4, 0.5) is 5.69 Å². The van der Waals surface area contributed by atoms with E-state index in [-0.39, 0.29) is 37.1 Å². The lowest BCUT2D eigenvalue weighted by atomic mass is 9.94. The maximum atomic E-state index is 3.90. The summed E-state index contributed by atoms with van der Waals surface area (Å²) in [5.74, 6) is 0. The number of quaternary nitrogens is 4. The summed E-state index contributed by atoms with van der Waals surface area (Å²) in [4.78, 5) is 3.85. The van der Waals surface area contributed by atoms with Crippen molar-refractivity contribution in [1.29, 1.82) is 0 Å². The van der Waals surface area contributed by atoms with Gasteiger partial charge in [-0.05, 0) is 42.8 Å². The molecule has 0 amide bonds. The molecule has 65 heavy (non-hydrogen) atoms. The third-order valence-electron chi connectivity index (χ3n) is 9.47. The molecule has 1 aliphatic carbocycles. The summed E-state index contributed by atoms with van der Waals surface area (Å²) in [5, 5.41) is 3.90. The average molecular weight is 921 g/mol. The molecular formula is C52H113N13+8. The molecule has 0 unspecified atom stereocenters. The third kappa shape index (κ3) is 42.1. The highest BCUT2D eigenvalue weighted by molar-refractivity contribution is 5.40. The lowest BCUT2D eigenvalue weighted by Crippen LogP contribution is -2.45. The van der Waals surface area contributed by atoms with Gasteiger partial charge in [0, 0.05) is 30.1 Å². The largest absolute Gasteiger partial charge is 0.333 e. The summed E-state index contributed by atoms with van der Waals surface area (Å²) < 4.78 is 17.7. The number of likely N-dealkylation sites (tertiary alicyclic amines) is 1. The molecule has 13 nitrogen and oxygen atoms in total. The number of para-hydroxylation sites is 1. The van der Waals surface area contributed by atoms with Gasteiger partial charge in [0.05, 0.1) is 139 Å². The van der Waals surface area contributed by atoms with Crippen molar-refractivity contribution in [2.24, 2.45) is 49.3 Å². The van der Waals surface area contributed by atoms with E-state index in [1.54, 1.807) is 23.7 Å². The minimum atomic E-state index is 0. The fourth-order valence-electron chi connectivity index (χ4n) is 5.85. The second kappa shape index (κ2) is 36.9. The summed E-state index contributed by atoms with van der Waals surface area (Å²) >= 11 is 0. The van der Waals surface area contributed by atoms with Gasteiger partial charge in [0.25, 0.3) is 6.33 Å². The molecule has 1 aromatic carbocycles. The molecule has 1 saturated heterocycles. The molecule has 0 radical (unpaired) electrons. The minimum Gasteiger partial charge on any atom is -0.333 e. The van der Waals surface area contributed by atoms with Crippen LogP contribution in [-0.4, -0.2) is 141 Å². The van der Waals surface area contributed by atoms with Crippen LogP contribution in [0.25, 0.3) is 0 Å². The summed E-state index contributed by atoms with van der Waals surface area (Å²) in [6.45, 7) is 2.78. The van der Waals surface area contributed by atoms with Crippen molar-refractivity contribution in [3.8, 4) is 0 Å². The molecule has 0 atom stereocenters. The quantitative estimate of drug-likeness (QED) is 0.140. The van der Waals surface area contributed by atoms with Gasteiger partial charge >= 0.3 is 6.33 Å². The SMILES string of the molecule is C.C.C.C.C.C[N+](C)(C)C.C[N+](C)(C)C1CCCCC1.C[N+](C)(C)c1ccccc1.C[N+]1(C)CCCC1.C[n+]1ccccc1.Cn1c[n+](C)cn1.Cn1cc[n+](C)c1.Cn1cnc[n+]1C. The fourth-order valence-corrected chi connectivity index (χ4v) is 5.85. The lowest BCUT2D eigenvalue weighted by Gasteiger charge is -2.36. The van der Waals surface area contributed by atoms with Gasteiger partial charge in [-0.1, -0.05) is 67.8 Å². The number of nitrogens with zero attached hydrogens (tertiary/aromatic N) is 13. The third-order valence-corrected chi connectivity index (χ3v) is 9.47. The van der Waals surface area contributed by atoms with E-state index in [2.05, 4.69) is 119 Å². The number of imidazole rings is 1. The van der Waals surface area contributed by atoms with E-state index in [0.29, 0.717) is 0 Å². The Morgan fingerprint density at radius 3 is 1.25 bits per heavy atom. The molecule has 5 aromatic rings. The standard InChI is InChI=1S/C9H20N.C9H14N.C6H14N.C6H8N.C5H9N2.2C4H8N3.C4H12N.5CH4/c2*1-10(2,3)9-7-5-4-6-8-9;1-7(2)5-3-4-6-7;1-7-5-3-2-4-6-7;1-6-3-4-7(2)5-6;1-6-3-5-7(2)4-6;1-6-3-5-4-7(6)2;1-5(2,3)4;;;;;/h9H,4-8H2,1-3H3;4-8H,1-3H3;3-6H2,1-2H3;2-6H,1H3;3-5H,1-2H3;2*3-4H,1-2H3;1-4H3;5*1H4/q8*+1;;;;;. The molecule has 13 heteroatoms. The van der Waals surface area contributed by atoms with Crippen LogP contribution in [0, 0.1) is 0 Å². The molecule has 0 N–H and O–H groups in total. The van der Waals surface area contributed by atoms with Gasteiger partial charge in [0.15, 0.2) is 12.4 Å². The summed E-state index contributed by atoms with van der Waals surface area (Å²) in [6, 6.07) is 17.4. The first-order valence-electron chi connectivity index (χ1n) is 21.5. The van der Waals surface area contributed by atoms with Crippen molar-refractivity contribution in [2.45, 2.75) is 88.1 Å². The van der Waals surface area contributed by atoms with Gasteiger partial charge in [-0.3, -0.25) is 4.48 Å². The van der Waals surface area contributed by atoms with Gasteiger partial charge in [-0.25, -0.2) is 18.3 Å². The maximum Gasteiger partial charge on any atom is 0.306 e. The molecular weight excluding hydrogens is 807 g/mol. The van der Waals surface area contributed by atoms with Crippen LogP contribution in [-0.2, 0) is 49.3 Å². The molecule has 2 fully saturated rings. The predicted molar refractivity (Wildman–Crippen MR) is 283 cm³/mol. The highest BCUT2D eigenvalue weighted by atomic mass is 15.4. The van der Waals surface area contributed by atoms with Gasteiger partial charge in [0.1, 0.15) is 32.2 Å². The number of rotatable bonds is 2. The van der Waals surface area contributed by atoms with Gasteiger partial charge in [-0.15, -0.1) is 4.68 Å². The molecule has 0 spiro atoms. The van der Waals surface area contributed by atoms with Crippen LogP contribution >= 0.6 is 0 Å². The van der Waals surface area contributed by atoms with E-state index >= 15 is 0 Å². The molecule has 1 aliphatic heterocycles. The zero-order valence-electron chi connectivity index (χ0n) is 42.1. The highest BCUT2D eigenvalue weighted by Gasteiger charge is 2.25. The van der Waals surface area contributed by atoms with Crippen LogP contribution in [0.15, 0.2) is 105 Å². The number of pyridine rings is 1. The predicted octanol–water partition coefficient (Wildman–Crippen LogP) is 7.12. The maximum absolute atomic E-state index is 3.90. The van der Waals surface area contributed by atoms with Crippen LogP contribution in [0.2, 0.25) is 0 Å². The Bertz CT molecular complexity index is 1650. The lowest BCUT2D eigenvalue weighted by molar-refractivity contribution is -0.897. The van der Waals surface area contributed by atoms with Crippen molar-refractivity contribution in [1.82, 2.24) is 28.5 Å². The number of hydrogen-bond acceptors (Lipinski definition) is 2. The summed E-state index contributed by atoms with van der Waals surface area (Å²) in [7, 11) is 40.2. The Morgan fingerprint density at radius 1 is 0.585 bits per heavy atom. The first kappa shape index (κ1) is 72.3. The number of hydrogen-bond donors (Lipinski definition) is 0. The Kier molecular flexibility index (Phi) is 41.0. The highest BCUT2D eigenvalue weighted by Crippen LogP contribution is 2.23. The fraction of sp³-hybridized carbons (Fsp3) is 0.654. The molecule has 0 bridgehead atoms. The topological polar surface area (TPSA) is 56.1 Å². The van der Waals surface area contributed by atoms with E-state index in [0.717, 1.165) is 15.0 Å². The summed E-state index contributed by atoms with van der Waals surface area (Å²) in [6.07, 6.45) is 27.3. The van der Waals surface area contributed by atoms with Crippen LogP contribution in [0.5, 0.6) is 0 Å². The van der Waals surface area contributed by atoms with E-state index in [1.807, 2.05) is 139 Å². The Morgan fingerprint density at radius 2 is 1.06 bits per heavy atom. The van der Waals surface area contributed by atoms with Gasteiger partial charge in [-0.2, -0.15) is 9.36 Å². The molecule has 7 rings (SSSR count). The first-order valence-corrected chi connectivity index (χ1v) is 21.5. The number of benzene rings is 1. The van der Waals surface area contributed by atoms with Crippen molar-refractivity contribution in [3.05, 3.63) is 105 Å². The Labute approximate surface area is 404 Å². The Hall–Kier alpha value is -4.30. The van der Waals surface area contributed by atoms with Crippen molar-refractivity contribution in [2.75, 3.05) is 97.7 Å². The van der Waals surface area contributed by atoms with Gasteiger partial charge in [0.2, 0.25) is 19.0 Å². The van der Waals surface area contributed by atoms with E-state index in [4.69, 9.17) is 0 Å². The van der Waals surface area contributed by atoms with Crippen LogP contribution in [0.1, 0.15) is 82.1 Å². The van der Waals surface area contributed by atoms with E-state index < -0.39 is 0 Å². The molecule has 4 aromatic heterocycles. The van der Waals surface area contributed by atoms with Gasteiger partial charge < -0.3 is 13.4 Å². The molecule has 2 aliphatic rings. The van der Waals surface area contributed by atoms with E-state index in [1.165, 1.54) is 72.7 Å². The summed E-state index contributed by atoms with van der Waals surface area (Å²) in [5.41, 5.74) is 1.34. The number of aromatic nitrogens is 9. The normalized spacial score (nSPS) is 13.3. The molecule has 1 saturated carbocycles. The second-order valence-electron chi connectivity index (χ2n) is 19.9. The van der Waals surface area contributed by atoms with Crippen molar-refractivity contribution >= 4 is 5.69 Å². The van der Waals surface area contributed by atoms with Crippen molar-refractivity contribution in [3.63, 3.8) is 0 Å². The van der Waals surface area contributed by atoms with Crippen molar-refractivity contribution < 1.29 is 31.8 Å². The smallest absolute Gasteiger partial charge is 0.306 e. The zero-order valence-corrected chi connectivity index (χ0v) is 42.1. The second-order valence-corrected chi connectivity index (χ2v) is 19.9. The zero-order chi connectivity index (χ0) is 46.0. The first-order chi connectivity index (χ1) is 27.7. The van der Waals surface area contributed by atoms with Crippen LogP contribution in [0.3, 0.4) is 0 Å². The Balaban J connectivity index is -0.000000152.